The SMILES string of the molecule is O=C(Nc1nnc(C(F)F)s1)c1cccc(S(=O)(=O)N2CCN(c3ccc(F)cc3)CC2)c1. The summed E-state index contributed by atoms with van der Waals surface area (Å²) in [5.74, 6) is -1.03. The van der Waals surface area contributed by atoms with E-state index in [9.17, 15) is 26.4 Å². The molecule has 13 heteroatoms. The first-order valence-electron chi connectivity index (χ1n) is 9.77. The Hall–Kier alpha value is -3.03. The molecule has 1 saturated heterocycles. The maximum absolute atomic E-state index is 13.1. The van der Waals surface area contributed by atoms with E-state index in [0.29, 0.717) is 24.4 Å². The zero-order chi connectivity index (χ0) is 23.6. The molecule has 0 aliphatic carbocycles. The fourth-order valence-electron chi connectivity index (χ4n) is 3.33. The number of carbonyl (C=O) groups excluding carboxylic acids is 1. The summed E-state index contributed by atoms with van der Waals surface area (Å²) in [5.41, 5.74) is 0.841. The van der Waals surface area contributed by atoms with Crippen LogP contribution in [0.25, 0.3) is 0 Å². The van der Waals surface area contributed by atoms with Gasteiger partial charge in [0.15, 0.2) is 5.01 Å². The molecule has 4 rings (SSSR count). The Morgan fingerprint density at radius 1 is 1.03 bits per heavy atom. The molecule has 1 amide bonds. The van der Waals surface area contributed by atoms with Crippen LogP contribution in [0.1, 0.15) is 21.8 Å². The number of rotatable bonds is 6. The van der Waals surface area contributed by atoms with E-state index >= 15 is 0 Å². The van der Waals surface area contributed by atoms with Gasteiger partial charge < -0.3 is 4.90 Å². The fourth-order valence-corrected chi connectivity index (χ4v) is 5.39. The van der Waals surface area contributed by atoms with Crippen molar-refractivity contribution in [3.63, 3.8) is 0 Å². The minimum absolute atomic E-state index is 0.0369. The Labute approximate surface area is 191 Å². The van der Waals surface area contributed by atoms with Crippen LogP contribution < -0.4 is 10.2 Å². The van der Waals surface area contributed by atoms with E-state index in [2.05, 4.69) is 15.5 Å². The summed E-state index contributed by atoms with van der Waals surface area (Å²) in [6, 6.07) is 11.4. The molecule has 0 atom stereocenters. The van der Waals surface area contributed by atoms with Crippen LogP contribution in [0.5, 0.6) is 0 Å². The van der Waals surface area contributed by atoms with Crippen molar-refractivity contribution in [2.45, 2.75) is 11.3 Å². The molecule has 174 valence electrons. The average Bonchev–Trinajstić information content (AvgIpc) is 3.29. The van der Waals surface area contributed by atoms with E-state index < -0.39 is 27.4 Å². The Kier molecular flexibility index (Phi) is 6.63. The molecule has 1 aliphatic heterocycles. The molecular formula is C20H18F3N5O3S2. The number of amides is 1. The van der Waals surface area contributed by atoms with Crippen molar-refractivity contribution >= 4 is 38.1 Å². The normalized spacial score (nSPS) is 15.1. The van der Waals surface area contributed by atoms with E-state index in [1.807, 2.05) is 4.90 Å². The molecule has 1 aromatic heterocycles. The topological polar surface area (TPSA) is 95.5 Å². The van der Waals surface area contributed by atoms with Crippen molar-refractivity contribution in [2.24, 2.45) is 0 Å². The average molecular weight is 498 g/mol. The highest BCUT2D eigenvalue weighted by Crippen LogP contribution is 2.26. The van der Waals surface area contributed by atoms with E-state index in [1.54, 1.807) is 12.1 Å². The van der Waals surface area contributed by atoms with Gasteiger partial charge in [0.2, 0.25) is 15.2 Å². The first-order valence-corrected chi connectivity index (χ1v) is 12.0. The number of aromatic nitrogens is 2. The van der Waals surface area contributed by atoms with E-state index in [0.717, 1.165) is 5.69 Å². The number of sulfonamides is 1. The molecule has 3 aromatic rings. The van der Waals surface area contributed by atoms with E-state index in [1.165, 1.54) is 40.7 Å². The number of nitrogens with zero attached hydrogens (tertiary/aromatic N) is 4. The summed E-state index contributed by atoms with van der Waals surface area (Å²) in [7, 11) is -3.87. The Balaban J connectivity index is 1.44. The highest BCUT2D eigenvalue weighted by atomic mass is 32.2. The van der Waals surface area contributed by atoms with Crippen LogP contribution in [0, 0.1) is 5.82 Å². The molecular weight excluding hydrogens is 479 g/mol. The van der Waals surface area contributed by atoms with Gasteiger partial charge in [0.05, 0.1) is 4.90 Å². The van der Waals surface area contributed by atoms with Crippen LogP contribution in [0.2, 0.25) is 0 Å². The number of alkyl halides is 2. The maximum Gasteiger partial charge on any atom is 0.291 e. The lowest BCUT2D eigenvalue weighted by Crippen LogP contribution is -2.48. The van der Waals surface area contributed by atoms with Crippen molar-refractivity contribution in [3.8, 4) is 0 Å². The van der Waals surface area contributed by atoms with Crippen LogP contribution >= 0.6 is 11.3 Å². The lowest BCUT2D eigenvalue weighted by Gasteiger charge is -2.35. The van der Waals surface area contributed by atoms with E-state index in [4.69, 9.17) is 0 Å². The molecule has 0 unspecified atom stereocenters. The van der Waals surface area contributed by atoms with Gasteiger partial charge in [0, 0.05) is 37.4 Å². The Bertz CT molecular complexity index is 1240. The Morgan fingerprint density at radius 3 is 2.36 bits per heavy atom. The molecule has 0 radical (unpaired) electrons. The van der Waals surface area contributed by atoms with Crippen molar-refractivity contribution in [2.75, 3.05) is 36.4 Å². The predicted octanol–water partition coefficient (Wildman–Crippen LogP) is 3.38. The summed E-state index contributed by atoms with van der Waals surface area (Å²) >= 11 is 0.539. The van der Waals surface area contributed by atoms with Gasteiger partial charge in [-0.15, -0.1) is 10.2 Å². The van der Waals surface area contributed by atoms with Crippen molar-refractivity contribution in [3.05, 3.63) is 64.9 Å². The number of benzene rings is 2. The summed E-state index contributed by atoms with van der Waals surface area (Å²) < 4.78 is 66.0. The second kappa shape index (κ2) is 9.45. The summed E-state index contributed by atoms with van der Waals surface area (Å²) in [6.45, 7) is 1.29. The number of anilines is 2. The molecule has 0 spiro atoms. The Morgan fingerprint density at radius 2 is 1.73 bits per heavy atom. The lowest BCUT2D eigenvalue weighted by molar-refractivity contribution is 0.102. The summed E-state index contributed by atoms with van der Waals surface area (Å²) in [5, 5.41) is 8.49. The van der Waals surface area contributed by atoms with Crippen LogP contribution in [-0.2, 0) is 10.0 Å². The van der Waals surface area contributed by atoms with E-state index in [-0.39, 0.29) is 34.5 Å². The molecule has 2 aromatic carbocycles. The third-order valence-electron chi connectivity index (χ3n) is 5.01. The monoisotopic (exact) mass is 497 g/mol. The summed E-state index contributed by atoms with van der Waals surface area (Å²) in [6.07, 6.45) is -2.80. The third-order valence-corrected chi connectivity index (χ3v) is 7.75. The number of halogens is 3. The van der Waals surface area contributed by atoms with Gasteiger partial charge in [0.1, 0.15) is 5.82 Å². The van der Waals surface area contributed by atoms with Crippen LogP contribution in [0.3, 0.4) is 0 Å². The number of carbonyl (C=O) groups is 1. The second-order valence-corrected chi connectivity index (χ2v) is 10.0. The van der Waals surface area contributed by atoms with Gasteiger partial charge in [-0.2, -0.15) is 4.31 Å². The van der Waals surface area contributed by atoms with Gasteiger partial charge in [-0.3, -0.25) is 10.1 Å². The molecule has 1 N–H and O–H groups in total. The molecule has 33 heavy (non-hydrogen) atoms. The van der Waals surface area contributed by atoms with Gasteiger partial charge in [-0.05, 0) is 42.5 Å². The first-order chi connectivity index (χ1) is 15.7. The molecule has 0 bridgehead atoms. The molecule has 1 aliphatic rings. The molecule has 8 nitrogen and oxygen atoms in total. The quantitative estimate of drug-likeness (QED) is 0.561. The third kappa shape index (κ3) is 5.15. The van der Waals surface area contributed by atoms with Gasteiger partial charge in [-0.25, -0.2) is 21.6 Å². The van der Waals surface area contributed by atoms with Crippen molar-refractivity contribution in [1.82, 2.24) is 14.5 Å². The number of piperazine rings is 1. The zero-order valence-electron chi connectivity index (χ0n) is 17.0. The maximum atomic E-state index is 13.1. The predicted molar refractivity (Wildman–Crippen MR) is 117 cm³/mol. The highest BCUT2D eigenvalue weighted by Gasteiger charge is 2.29. The number of hydrogen-bond acceptors (Lipinski definition) is 7. The minimum Gasteiger partial charge on any atom is -0.369 e. The van der Waals surface area contributed by atoms with Gasteiger partial charge in [-0.1, -0.05) is 17.4 Å². The largest absolute Gasteiger partial charge is 0.369 e. The molecule has 1 fully saturated rings. The smallest absolute Gasteiger partial charge is 0.291 e. The van der Waals surface area contributed by atoms with Crippen LogP contribution in [0.15, 0.2) is 53.4 Å². The highest BCUT2D eigenvalue weighted by molar-refractivity contribution is 7.89. The first kappa shape index (κ1) is 23.1. The molecule has 0 saturated carbocycles. The zero-order valence-corrected chi connectivity index (χ0v) is 18.6. The number of hydrogen-bond donors (Lipinski definition) is 1. The van der Waals surface area contributed by atoms with Crippen molar-refractivity contribution < 1.29 is 26.4 Å². The minimum atomic E-state index is -3.87. The van der Waals surface area contributed by atoms with Gasteiger partial charge >= 0.3 is 0 Å². The van der Waals surface area contributed by atoms with Crippen LogP contribution in [-0.4, -0.2) is 55.0 Å². The standard InChI is InChI=1S/C20H18F3N5O3S2/c21-14-4-6-15(7-5-14)27-8-10-28(11-9-27)33(30,31)16-3-1-2-13(12-16)18(29)24-20-26-25-19(32-20)17(22)23/h1-7,12,17H,8-11H2,(H,24,26,29). The fraction of sp³-hybridized carbons (Fsp3) is 0.250. The molecule has 2 heterocycles. The second-order valence-electron chi connectivity index (χ2n) is 7.10. The van der Waals surface area contributed by atoms with Crippen LogP contribution in [0.4, 0.5) is 24.0 Å². The summed E-state index contributed by atoms with van der Waals surface area (Å²) in [4.78, 5) is 14.4. The van der Waals surface area contributed by atoms with Gasteiger partial charge in [0.25, 0.3) is 12.3 Å². The lowest BCUT2D eigenvalue weighted by atomic mass is 10.2. The number of nitrogens with one attached hydrogen (secondary N) is 1. The van der Waals surface area contributed by atoms with Crippen molar-refractivity contribution in [1.29, 1.82) is 0 Å².